The second kappa shape index (κ2) is 7.16. The van der Waals surface area contributed by atoms with E-state index in [1.54, 1.807) is 0 Å². The van der Waals surface area contributed by atoms with Crippen LogP contribution >= 0.6 is 0 Å². The number of carbonyl (C=O) groups is 1. The van der Waals surface area contributed by atoms with Crippen molar-refractivity contribution >= 4 is 5.97 Å². The molecule has 18 heavy (non-hydrogen) atoms. The quantitative estimate of drug-likeness (QED) is 0.767. The molecule has 0 fully saturated rings. The molecule has 0 unspecified atom stereocenters. The van der Waals surface area contributed by atoms with Gasteiger partial charge in [0, 0.05) is 19.6 Å². The van der Waals surface area contributed by atoms with Gasteiger partial charge < -0.3 is 5.11 Å². The number of rotatable bonds is 8. The summed E-state index contributed by atoms with van der Waals surface area (Å²) < 4.78 is 2.00. The fourth-order valence-corrected chi connectivity index (χ4v) is 1.92. The molecule has 1 rings (SSSR count). The van der Waals surface area contributed by atoms with Crippen LogP contribution in [0.15, 0.2) is 6.07 Å². The van der Waals surface area contributed by atoms with E-state index in [4.69, 9.17) is 5.11 Å². The van der Waals surface area contributed by atoms with Crippen LogP contribution in [0.1, 0.15) is 38.6 Å². The lowest BCUT2D eigenvalue weighted by Gasteiger charge is -2.19. The van der Waals surface area contributed by atoms with Crippen LogP contribution in [0.3, 0.4) is 0 Å². The Hall–Kier alpha value is -1.36. The van der Waals surface area contributed by atoms with Gasteiger partial charge >= 0.3 is 5.97 Å². The summed E-state index contributed by atoms with van der Waals surface area (Å²) in [6.07, 6.45) is 1.12. The average Bonchev–Trinajstić information content (AvgIpc) is 2.76. The van der Waals surface area contributed by atoms with Crippen LogP contribution in [0.2, 0.25) is 0 Å². The summed E-state index contributed by atoms with van der Waals surface area (Å²) in [6.45, 7) is 9.27. The zero-order valence-electron chi connectivity index (χ0n) is 11.5. The minimum Gasteiger partial charge on any atom is -0.481 e. The van der Waals surface area contributed by atoms with Crippen LogP contribution in [-0.2, 0) is 24.3 Å². The molecule has 0 aliphatic heterocycles. The van der Waals surface area contributed by atoms with Crippen LogP contribution in [0.4, 0.5) is 0 Å². The summed E-state index contributed by atoms with van der Waals surface area (Å²) in [7, 11) is 0. The van der Waals surface area contributed by atoms with E-state index in [2.05, 4.69) is 36.8 Å². The SMILES string of the molecule is CCc1cc(CN(CC)CCC(=O)O)n(CC)n1. The van der Waals surface area contributed by atoms with Gasteiger partial charge in [-0.05, 0) is 26.0 Å². The van der Waals surface area contributed by atoms with Crippen molar-refractivity contribution in [2.24, 2.45) is 0 Å². The molecule has 0 aliphatic rings. The first kappa shape index (κ1) is 14.7. The maximum Gasteiger partial charge on any atom is 0.304 e. The molecule has 0 aliphatic carbocycles. The third kappa shape index (κ3) is 4.14. The van der Waals surface area contributed by atoms with E-state index in [1.165, 1.54) is 5.69 Å². The highest BCUT2D eigenvalue weighted by Gasteiger charge is 2.11. The Morgan fingerprint density at radius 1 is 1.44 bits per heavy atom. The number of aromatic nitrogens is 2. The number of hydrogen-bond acceptors (Lipinski definition) is 3. The van der Waals surface area contributed by atoms with Gasteiger partial charge in [0.15, 0.2) is 0 Å². The molecule has 5 nitrogen and oxygen atoms in total. The highest BCUT2D eigenvalue weighted by molar-refractivity contribution is 5.66. The van der Waals surface area contributed by atoms with Crippen molar-refractivity contribution in [2.45, 2.75) is 46.7 Å². The summed E-state index contributed by atoms with van der Waals surface area (Å²) in [6, 6.07) is 2.12. The second-order valence-electron chi connectivity index (χ2n) is 4.31. The molecule has 1 N–H and O–H groups in total. The van der Waals surface area contributed by atoms with Crippen molar-refractivity contribution in [3.63, 3.8) is 0 Å². The number of aryl methyl sites for hydroxylation is 2. The van der Waals surface area contributed by atoms with Gasteiger partial charge in [-0.15, -0.1) is 0 Å². The van der Waals surface area contributed by atoms with E-state index in [0.29, 0.717) is 6.54 Å². The first-order valence-electron chi connectivity index (χ1n) is 6.60. The molecule has 102 valence electrons. The molecule has 1 aromatic heterocycles. The Labute approximate surface area is 108 Å². The fraction of sp³-hybridized carbons (Fsp3) is 0.692. The smallest absolute Gasteiger partial charge is 0.304 e. The molecular formula is C13H23N3O2. The molecule has 1 aromatic rings. The number of aliphatic carboxylic acids is 1. The second-order valence-corrected chi connectivity index (χ2v) is 4.31. The van der Waals surface area contributed by atoms with E-state index in [-0.39, 0.29) is 6.42 Å². The Bertz CT molecular complexity index is 388. The van der Waals surface area contributed by atoms with Gasteiger partial charge in [0.05, 0.1) is 17.8 Å². The molecule has 1 heterocycles. The van der Waals surface area contributed by atoms with Crippen molar-refractivity contribution in [3.05, 3.63) is 17.5 Å². The molecule has 0 saturated carbocycles. The van der Waals surface area contributed by atoms with Crippen molar-refractivity contribution in [1.82, 2.24) is 14.7 Å². The van der Waals surface area contributed by atoms with Crippen LogP contribution in [0.5, 0.6) is 0 Å². The largest absolute Gasteiger partial charge is 0.481 e. The third-order valence-corrected chi connectivity index (χ3v) is 3.05. The molecule has 0 amide bonds. The van der Waals surface area contributed by atoms with Crippen LogP contribution < -0.4 is 0 Å². The maximum atomic E-state index is 10.6. The highest BCUT2D eigenvalue weighted by Crippen LogP contribution is 2.09. The predicted molar refractivity (Wildman–Crippen MR) is 70.5 cm³/mol. The normalized spacial score (nSPS) is 11.1. The summed E-state index contributed by atoms with van der Waals surface area (Å²) in [5.41, 5.74) is 2.27. The molecule has 0 spiro atoms. The predicted octanol–water partition coefficient (Wildman–Crippen LogP) is 1.76. The number of nitrogens with zero attached hydrogens (tertiary/aromatic N) is 3. The van der Waals surface area contributed by atoms with Crippen LogP contribution in [0.25, 0.3) is 0 Å². The highest BCUT2D eigenvalue weighted by atomic mass is 16.4. The summed E-state index contributed by atoms with van der Waals surface area (Å²) in [5, 5.41) is 13.2. The van der Waals surface area contributed by atoms with Gasteiger partial charge in [0.1, 0.15) is 0 Å². The van der Waals surface area contributed by atoms with E-state index in [0.717, 1.165) is 31.7 Å². The zero-order valence-corrected chi connectivity index (χ0v) is 11.5. The lowest BCUT2D eigenvalue weighted by Crippen LogP contribution is -2.27. The van der Waals surface area contributed by atoms with Gasteiger partial charge in [0.2, 0.25) is 0 Å². The molecular weight excluding hydrogens is 230 g/mol. The zero-order chi connectivity index (χ0) is 13.5. The topological polar surface area (TPSA) is 58.4 Å². The van der Waals surface area contributed by atoms with Gasteiger partial charge in [-0.25, -0.2) is 0 Å². The molecule has 0 saturated heterocycles. The fourth-order valence-electron chi connectivity index (χ4n) is 1.92. The first-order chi connectivity index (χ1) is 8.60. The van der Waals surface area contributed by atoms with Crippen LogP contribution in [-0.4, -0.2) is 38.8 Å². The summed E-state index contributed by atoms with van der Waals surface area (Å²) in [5.74, 6) is -0.744. The third-order valence-electron chi connectivity index (χ3n) is 3.05. The van der Waals surface area contributed by atoms with Gasteiger partial charge in [0.25, 0.3) is 0 Å². The van der Waals surface area contributed by atoms with E-state index in [1.807, 2.05) is 4.68 Å². The lowest BCUT2D eigenvalue weighted by molar-refractivity contribution is -0.137. The maximum absolute atomic E-state index is 10.6. The molecule has 5 heteroatoms. The monoisotopic (exact) mass is 253 g/mol. The van der Waals surface area contributed by atoms with Crippen molar-refractivity contribution in [1.29, 1.82) is 0 Å². The minimum atomic E-state index is -0.744. The van der Waals surface area contributed by atoms with Crippen LogP contribution in [0, 0.1) is 0 Å². The molecule has 0 radical (unpaired) electrons. The number of carboxylic acid groups (broad SMARTS) is 1. The van der Waals surface area contributed by atoms with Gasteiger partial charge in [-0.1, -0.05) is 13.8 Å². The Balaban J connectivity index is 2.68. The lowest BCUT2D eigenvalue weighted by atomic mass is 10.3. The van der Waals surface area contributed by atoms with Crippen molar-refractivity contribution in [3.8, 4) is 0 Å². The van der Waals surface area contributed by atoms with Gasteiger partial charge in [-0.2, -0.15) is 5.10 Å². The molecule has 0 atom stereocenters. The van der Waals surface area contributed by atoms with Crippen molar-refractivity contribution in [2.75, 3.05) is 13.1 Å². The minimum absolute atomic E-state index is 0.189. The average molecular weight is 253 g/mol. The van der Waals surface area contributed by atoms with E-state index < -0.39 is 5.97 Å². The van der Waals surface area contributed by atoms with Gasteiger partial charge in [-0.3, -0.25) is 14.4 Å². The first-order valence-corrected chi connectivity index (χ1v) is 6.60. The summed E-state index contributed by atoms with van der Waals surface area (Å²) in [4.78, 5) is 12.7. The summed E-state index contributed by atoms with van der Waals surface area (Å²) >= 11 is 0. The Kier molecular flexibility index (Phi) is 5.85. The Morgan fingerprint density at radius 2 is 2.17 bits per heavy atom. The Morgan fingerprint density at radius 3 is 2.67 bits per heavy atom. The number of hydrogen-bond donors (Lipinski definition) is 1. The molecule has 0 aromatic carbocycles. The number of carboxylic acids is 1. The van der Waals surface area contributed by atoms with E-state index in [9.17, 15) is 4.79 Å². The molecule has 0 bridgehead atoms. The standard InChI is InChI=1S/C13H23N3O2/c1-4-11-9-12(16(6-3)14-11)10-15(5-2)8-7-13(17)18/h9H,4-8,10H2,1-3H3,(H,17,18). The van der Waals surface area contributed by atoms with E-state index >= 15 is 0 Å². The van der Waals surface area contributed by atoms with Crippen molar-refractivity contribution < 1.29 is 9.90 Å².